The van der Waals surface area contributed by atoms with Gasteiger partial charge in [-0.2, -0.15) is 5.10 Å². The van der Waals surface area contributed by atoms with Gasteiger partial charge in [-0.3, -0.25) is 4.79 Å². The predicted molar refractivity (Wildman–Crippen MR) is 109 cm³/mol. The first kappa shape index (κ1) is 17.5. The highest BCUT2D eigenvalue weighted by atomic mass is 19.1. The Hall–Kier alpha value is -3.86. The van der Waals surface area contributed by atoms with Crippen molar-refractivity contribution in [2.45, 2.75) is 0 Å². The van der Waals surface area contributed by atoms with Crippen molar-refractivity contribution in [3.05, 3.63) is 102 Å². The van der Waals surface area contributed by atoms with E-state index in [4.69, 9.17) is 0 Å². The zero-order valence-corrected chi connectivity index (χ0v) is 14.8. The molecular weight excluding hydrogens is 353 g/mol. The number of carbonyl (C=O) groups is 1. The number of rotatable bonds is 4. The minimum absolute atomic E-state index is 0.322. The van der Waals surface area contributed by atoms with Crippen molar-refractivity contribution in [2.24, 2.45) is 5.10 Å². The number of hydrazone groups is 1. The first-order valence-electron chi connectivity index (χ1n) is 8.75. The topological polar surface area (TPSA) is 54.4 Å². The summed E-state index contributed by atoms with van der Waals surface area (Å²) in [6, 6.07) is 24.6. The number of carbonyl (C=O) groups excluding carboxylic acids is 1. The van der Waals surface area contributed by atoms with Crippen LogP contribution in [-0.4, -0.2) is 17.1 Å². The fraction of sp³-hybridized carbons (Fsp3) is 0. The van der Waals surface area contributed by atoms with E-state index >= 15 is 0 Å². The number of benzene rings is 3. The molecule has 4 aromatic rings. The molecule has 0 fully saturated rings. The molecule has 136 valence electrons. The number of pyridine rings is 1. The molecule has 28 heavy (non-hydrogen) atoms. The lowest BCUT2D eigenvalue weighted by Crippen LogP contribution is -2.18. The molecule has 0 aliphatic heterocycles. The number of nitrogens with one attached hydrogen (secondary N) is 1. The van der Waals surface area contributed by atoms with Crippen LogP contribution in [0.25, 0.3) is 22.2 Å². The van der Waals surface area contributed by atoms with Crippen LogP contribution >= 0.6 is 0 Å². The number of nitrogens with zero attached hydrogens (tertiary/aromatic N) is 2. The fourth-order valence-electron chi connectivity index (χ4n) is 2.90. The van der Waals surface area contributed by atoms with Crippen molar-refractivity contribution >= 4 is 23.0 Å². The monoisotopic (exact) mass is 369 g/mol. The van der Waals surface area contributed by atoms with Crippen molar-refractivity contribution in [3.8, 4) is 11.3 Å². The van der Waals surface area contributed by atoms with Gasteiger partial charge in [0.25, 0.3) is 5.91 Å². The van der Waals surface area contributed by atoms with Gasteiger partial charge in [-0.1, -0.05) is 48.5 Å². The van der Waals surface area contributed by atoms with Crippen LogP contribution in [0.5, 0.6) is 0 Å². The Morgan fingerprint density at radius 2 is 1.64 bits per heavy atom. The predicted octanol–water partition coefficient (Wildman–Crippen LogP) is 4.80. The molecule has 1 N–H and O–H groups in total. The summed E-state index contributed by atoms with van der Waals surface area (Å²) in [4.78, 5) is 17.4. The molecule has 1 aromatic heterocycles. The van der Waals surface area contributed by atoms with Crippen molar-refractivity contribution in [1.29, 1.82) is 0 Å². The number of hydrogen-bond donors (Lipinski definition) is 1. The van der Waals surface area contributed by atoms with Crippen LogP contribution in [0.2, 0.25) is 0 Å². The number of aromatic nitrogens is 1. The third-order valence-corrected chi connectivity index (χ3v) is 4.28. The van der Waals surface area contributed by atoms with E-state index in [0.717, 1.165) is 16.5 Å². The van der Waals surface area contributed by atoms with Gasteiger partial charge in [-0.15, -0.1) is 0 Å². The molecule has 3 aromatic carbocycles. The van der Waals surface area contributed by atoms with Gasteiger partial charge in [0, 0.05) is 10.9 Å². The van der Waals surface area contributed by atoms with Crippen molar-refractivity contribution in [1.82, 2.24) is 10.4 Å². The summed E-state index contributed by atoms with van der Waals surface area (Å²) in [6.45, 7) is 0. The van der Waals surface area contributed by atoms with Crippen LogP contribution in [0.15, 0.2) is 90.0 Å². The molecule has 0 saturated heterocycles. The lowest BCUT2D eigenvalue weighted by Gasteiger charge is -2.09. The minimum atomic E-state index is -0.339. The molecule has 0 aliphatic rings. The maximum atomic E-state index is 13.2. The molecule has 0 unspecified atom stereocenters. The third-order valence-electron chi connectivity index (χ3n) is 4.28. The zero-order chi connectivity index (χ0) is 19.3. The molecular formula is C23H16FN3O. The molecule has 0 atom stereocenters. The molecule has 5 heteroatoms. The Bertz CT molecular complexity index is 1160. The van der Waals surface area contributed by atoms with Crippen LogP contribution < -0.4 is 5.43 Å². The highest BCUT2D eigenvalue weighted by Crippen LogP contribution is 2.25. The SMILES string of the molecule is O=C(NN=Cc1ccccc1)c1cc(-c2ccc(F)cc2)nc2ccccc12. The molecule has 4 nitrogen and oxygen atoms in total. The van der Waals surface area contributed by atoms with Crippen molar-refractivity contribution in [2.75, 3.05) is 0 Å². The summed E-state index contributed by atoms with van der Waals surface area (Å²) in [7, 11) is 0. The quantitative estimate of drug-likeness (QED) is 0.415. The summed E-state index contributed by atoms with van der Waals surface area (Å²) in [6.07, 6.45) is 1.59. The Kier molecular flexibility index (Phi) is 4.89. The summed E-state index contributed by atoms with van der Waals surface area (Å²) in [5.74, 6) is -0.660. The van der Waals surface area contributed by atoms with Crippen LogP contribution in [0.4, 0.5) is 4.39 Å². The average molecular weight is 369 g/mol. The second-order valence-corrected chi connectivity index (χ2v) is 6.19. The van der Waals surface area contributed by atoms with E-state index in [1.807, 2.05) is 54.6 Å². The Labute approximate surface area is 161 Å². The van der Waals surface area contributed by atoms with E-state index in [2.05, 4.69) is 15.5 Å². The van der Waals surface area contributed by atoms with Gasteiger partial charge in [-0.05, 0) is 42.0 Å². The fourth-order valence-corrected chi connectivity index (χ4v) is 2.90. The Balaban J connectivity index is 1.69. The number of fused-ring (bicyclic) bond motifs is 1. The third kappa shape index (κ3) is 3.78. The van der Waals surface area contributed by atoms with E-state index < -0.39 is 0 Å². The standard InChI is InChI=1S/C23H16FN3O/c24-18-12-10-17(11-13-18)22-14-20(19-8-4-5-9-21(19)26-22)23(28)27-25-15-16-6-2-1-3-7-16/h1-15H,(H,27,28). The van der Waals surface area contributed by atoms with E-state index in [0.29, 0.717) is 16.8 Å². The van der Waals surface area contributed by atoms with Crippen LogP contribution in [0.3, 0.4) is 0 Å². The Morgan fingerprint density at radius 3 is 2.43 bits per heavy atom. The van der Waals surface area contributed by atoms with Crippen molar-refractivity contribution < 1.29 is 9.18 Å². The van der Waals surface area contributed by atoms with E-state index in [9.17, 15) is 9.18 Å². The molecule has 0 spiro atoms. The lowest BCUT2D eigenvalue weighted by atomic mass is 10.0. The van der Waals surface area contributed by atoms with Crippen LogP contribution in [0.1, 0.15) is 15.9 Å². The van der Waals surface area contributed by atoms with E-state index in [1.165, 1.54) is 12.1 Å². The van der Waals surface area contributed by atoms with Gasteiger partial charge in [0.05, 0.1) is 23.0 Å². The normalized spacial score (nSPS) is 11.0. The van der Waals surface area contributed by atoms with Gasteiger partial charge in [0.15, 0.2) is 0 Å². The first-order valence-corrected chi connectivity index (χ1v) is 8.75. The number of halogens is 1. The second-order valence-electron chi connectivity index (χ2n) is 6.19. The lowest BCUT2D eigenvalue weighted by molar-refractivity contribution is 0.0956. The van der Waals surface area contributed by atoms with Crippen LogP contribution in [0, 0.1) is 5.82 Å². The van der Waals surface area contributed by atoms with Gasteiger partial charge in [-0.25, -0.2) is 14.8 Å². The maximum absolute atomic E-state index is 13.2. The zero-order valence-electron chi connectivity index (χ0n) is 14.8. The molecule has 1 amide bonds. The highest BCUT2D eigenvalue weighted by Gasteiger charge is 2.13. The van der Waals surface area contributed by atoms with Gasteiger partial charge >= 0.3 is 0 Å². The number of para-hydroxylation sites is 1. The molecule has 0 saturated carbocycles. The summed E-state index contributed by atoms with van der Waals surface area (Å²) in [5, 5.41) is 4.77. The van der Waals surface area contributed by atoms with Crippen LogP contribution in [-0.2, 0) is 0 Å². The molecule has 0 aliphatic carbocycles. The van der Waals surface area contributed by atoms with Gasteiger partial charge < -0.3 is 0 Å². The minimum Gasteiger partial charge on any atom is -0.267 e. The number of hydrogen-bond acceptors (Lipinski definition) is 3. The van der Waals surface area contributed by atoms with Crippen molar-refractivity contribution in [3.63, 3.8) is 0 Å². The van der Waals surface area contributed by atoms with E-state index in [1.54, 1.807) is 24.4 Å². The average Bonchev–Trinajstić information content (AvgIpc) is 2.74. The molecule has 4 rings (SSSR count). The smallest absolute Gasteiger partial charge is 0.267 e. The Morgan fingerprint density at radius 1 is 0.929 bits per heavy atom. The highest BCUT2D eigenvalue weighted by molar-refractivity contribution is 6.07. The van der Waals surface area contributed by atoms with E-state index in [-0.39, 0.29) is 11.7 Å². The molecule has 1 heterocycles. The first-order chi connectivity index (χ1) is 13.7. The maximum Gasteiger partial charge on any atom is 0.272 e. The summed E-state index contributed by atoms with van der Waals surface area (Å²) < 4.78 is 13.2. The largest absolute Gasteiger partial charge is 0.272 e. The molecule has 0 bridgehead atoms. The van der Waals surface area contributed by atoms with Gasteiger partial charge in [0.2, 0.25) is 0 Å². The van der Waals surface area contributed by atoms with Gasteiger partial charge in [0.1, 0.15) is 5.82 Å². The summed E-state index contributed by atoms with van der Waals surface area (Å²) >= 11 is 0. The second kappa shape index (κ2) is 7.80. The summed E-state index contributed by atoms with van der Waals surface area (Å²) in [5.41, 5.74) is 5.91. The molecule has 0 radical (unpaired) electrons. The number of amides is 1.